The average Bonchev–Trinajstić information content (AvgIpc) is 3.26. The fraction of sp³-hybridized carbons (Fsp3) is 0.0833. The standard InChI is InChI=1S/C24H15Br2ClN4O/c25-15-6-4-13(5-7-15)22-20-21(30-24-28-12-29-31(22)24)18-11-17(27)8-9-19(18)32-23(20)14-2-1-3-16(26)10-14/h1-12,22-23H,(H,28,29,30)/t22-,23+/m0/s1. The van der Waals surface area contributed by atoms with Crippen molar-refractivity contribution in [3.63, 3.8) is 0 Å². The van der Waals surface area contributed by atoms with E-state index in [4.69, 9.17) is 16.3 Å². The summed E-state index contributed by atoms with van der Waals surface area (Å²) in [5, 5.41) is 8.70. The third-order valence-electron chi connectivity index (χ3n) is 5.71. The minimum absolute atomic E-state index is 0.201. The highest BCUT2D eigenvalue weighted by atomic mass is 79.9. The van der Waals surface area contributed by atoms with Crippen molar-refractivity contribution in [2.75, 3.05) is 5.32 Å². The van der Waals surface area contributed by atoms with E-state index in [2.05, 4.69) is 71.5 Å². The van der Waals surface area contributed by atoms with E-state index >= 15 is 0 Å². The highest BCUT2D eigenvalue weighted by Gasteiger charge is 2.41. The van der Waals surface area contributed by atoms with Gasteiger partial charge in [-0.05, 0) is 53.6 Å². The lowest BCUT2D eigenvalue weighted by Crippen LogP contribution is -2.32. The van der Waals surface area contributed by atoms with Crippen LogP contribution in [-0.2, 0) is 0 Å². The fourth-order valence-corrected chi connectivity index (χ4v) is 5.21. The molecule has 0 amide bonds. The molecule has 0 saturated carbocycles. The van der Waals surface area contributed by atoms with Crippen LogP contribution >= 0.6 is 43.5 Å². The van der Waals surface area contributed by atoms with E-state index in [1.807, 2.05) is 47.1 Å². The number of hydrogen-bond acceptors (Lipinski definition) is 4. The van der Waals surface area contributed by atoms with Crippen LogP contribution in [-0.4, -0.2) is 14.8 Å². The number of nitrogens with zero attached hydrogens (tertiary/aromatic N) is 3. The van der Waals surface area contributed by atoms with Crippen LogP contribution in [0.2, 0.25) is 5.02 Å². The number of ether oxygens (including phenoxy) is 1. The van der Waals surface area contributed by atoms with Crippen LogP contribution in [0.4, 0.5) is 5.95 Å². The van der Waals surface area contributed by atoms with E-state index in [-0.39, 0.29) is 12.1 Å². The summed E-state index contributed by atoms with van der Waals surface area (Å²) >= 11 is 13.5. The van der Waals surface area contributed by atoms with Gasteiger partial charge in [-0.15, -0.1) is 0 Å². The van der Waals surface area contributed by atoms with Crippen molar-refractivity contribution >= 4 is 55.1 Å². The maximum absolute atomic E-state index is 6.62. The van der Waals surface area contributed by atoms with Gasteiger partial charge in [0.2, 0.25) is 5.95 Å². The van der Waals surface area contributed by atoms with Crippen LogP contribution in [0.5, 0.6) is 5.75 Å². The molecular formula is C24H15Br2ClN4O. The van der Waals surface area contributed by atoms with Crippen molar-refractivity contribution in [1.82, 2.24) is 14.8 Å². The predicted octanol–water partition coefficient (Wildman–Crippen LogP) is 7.02. The second-order valence-corrected chi connectivity index (χ2v) is 9.90. The van der Waals surface area contributed by atoms with Gasteiger partial charge in [0.05, 0.1) is 5.70 Å². The zero-order valence-electron chi connectivity index (χ0n) is 16.5. The first-order valence-corrected chi connectivity index (χ1v) is 11.9. The van der Waals surface area contributed by atoms with E-state index in [0.29, 0.717) is 11.0 Å². The van der Waals surface area contributed by atoms with Gasteiger partial charge >= 0.3 is 0 Å². The summed E-state index contributed by atoms with van der Waals surface area (Å²) in [5.41, 5.74) is 5.04. The Hall–Kier alpha value is -2.61. The maximum atomic E-state index is 6.62. The molecule has 5 nitrogen and oxygen atoms in total. The van der Waals surface area contributed by atoms with Gasteiger partial charge in [-0.25, -0.2) is 4.68 Å². The van der Waals surface area contributed by atoms with Crippen LogP contribution in [0, 0.1) is 0 Å². The molecule has 8 heteroatoms. The smallest absolute Gasteiger partial charge is 0.226 e. The first-order valence-electron chi connectivity index (χ1n) is 9.96. The number of fused-ring (bicyclic) bond motifs is 3. The molecule has 6 rings (SSSR count). The van der Waals surface area contributed by atoms with Crippen LogP contribution in [0.25, 0.3) is 5.70 Å². The summed E-state index contributed by atoms with van der Waals surface area (Å²) in [6.07, 6.45) is 1.25. The lowest BCUT2D eigenvalue weighted by Gasteiger charge is -2.39. The SMILES string of the molecule is Clc1ccc2c(c1)C1=C([C@H](c3ccc(Br)cc3)n3ncnc3N1)[C@@H](c1cccc(Br)c1)O2. The minimum Gasteiger partial charge on any atom is -0.480 e. The second kappa shape index (κ2) is 7.76. The zero-order valence-corrected chi connectivity index (χ0v) is 20.4. The first-order chi connectivity index (χ1) is 15.6. The molecule has 2 aliphatic heterocycles. The normalized spacial score (nSPS) is 18.8. The Labute approximate surface area is 206 Å². The van der Waals surface area contributed by atoms with Gasteiger partial charge in [0, 0.05) is 25.1 Å². The van der Waals surface area contributed by atoms with Crippen molar-refractivity contribution in [3.05, 3.63) is 109 Å². The Bertz CT molecular complexity index is 1380. The Kier molecular flexibility index (Phi) is 4.86. The average molecular weight is 571 g/mol. The largest absolute Gasteiger partial charge is 0.480 e. The Morgan fingerprint density at radius 2 is 1.78 bits per heavy atom. The maximum Gasteiger partial charge on any atom is 0.226 e. The number of aromatic nitrogens is 3. The second-order valence-electron chi connectivity index (χ2n) is 7.63. The highest BCUT2D eigenvalue weighted by molar-refractivity contribution is 9.10. The summed E-state index contributed by atoms with van der Waals surface area (Å²) in [7, 11) is 0. The number of halogens is 3. The lowest BCUT2D eigenvalue weighted by atomic mass is 9.84. The van der Waals surface area contributed by atoms with Gasteiger partial charge in [0.15, 0.2) is 0 Å². The van der Waals surface area contributed by atoms with E-state index in [1.165, 1.54) is 0 Å². The van der Waals surface area contributed by atoms with Crippen LogP contribution in [0.15, 0.2) is 87.6 Å². The molecule has 2 aliphatic rings. The summed E-state index contributed by atoms with van der Waals surface area (Å²) in [5.74, 6) is 1.45. The van der Waals surface area contributed by atoms with Gasteiger partial charge in [-0.2, -0.15) is 10.1 Å². The quantitative estimate of drug-likeness (QED) is 0.282. The summed E-state index contributed by atoms with van der Waals surface area (Å²) < 4.78 is 10.5. The Morgan fingerprint density at radius 3 is 2.59 bits per heavy atom. The van der Waals surface area contributed by atoms with E-state index in [1.54, 1.807) is 6.33 Å². The Balaban J connectivity index is 1.64. The topological polar surface area (TPSA) is 52.0 Å². The van der Waals surface area contributed by atoms with E-state index < -0.39 is 0 Å². The zero-order chi connectivity index (χ0) is 21.8. The predicted molar refractivity (Wildman–Crippen MR) is 132 cm³/mol. The molecule has 1 N–H and O–H groups in total. The van der Waals surface area contributed by atoms with Crippen LogP contribution < -0.4 is 10.1 Å². The van der Waals surface area contributed by atoms with Crippen LogP contribution in [0.1, 0.15) is 28.8 Å². The molecule has 0 unspecified atom stereocenters. The fourth-order valence-electron chi connectivity index (χ4n) is 4.35. The number of rotatable bonds is 2. The molecule has 0 radical (unpaired) electrons. The van der Waals surface area contributed by atoms with Crippen molar-refractivity contribution in [1.29, 1.82) is 0 Å². The number of hydrogen-bond donors (Lipinski definition) is 1. The number of nitrogens with one attached hydrogen (secondary N) is 1. The molecule has 2 atom stereocenters. The van der Waals surface area contributed by atoms with Gasteiger partial charge in [-0.1, -0.05) is 67.7 Å². The molecule has 0 aliphatic carbocycles. The van der Waals surface area contributed by atoms with Gasteiger partial charge < -0.3 is 10.1 Å². The molecule has 158 valence electrons. The lowest BCUT2D eigenvalue weighted by molar-refractivity contribution is 0.223. The van der Waals surface area contributed by atoms with Crippen molar-refractivity contribution in [3.8, 4) is 5.75 Å². The molecule has 32 heavy (non-hydrogen) atoms. The highest BCUT2D eigenvalue weighted by Crippen LogP contribution is 2.51. The van der Waals surface area contributed by atoms with Gasteiger partial charge in [0.25, 0.3) is 0 Å². The summed E-state index contributed by atoms with van der Waals surface area (Å²) in [6, 6.07) is 22.0. The third-order valence-corrected chi connectivity index (χ3v) is 6.97. The number of benzene rings is 3. The Morgan fingerprint density at radius 1 is 0.938 bits per heavy atom. The molecule has 3 aromatic carbocycles. The first kappa shape index (κ1) is 20.0. The summed E-state index contributed by atoms with van der Waals surface area (Å²) in [6.45, 7) is 0. The van der Waals surface area contributed by atoms with Crippen molar-refractivity contribution < 1.29 is 4.74 Å². The van der Waals surface area contributed by atoms with Gasteiger partial charge in [-0.3, -0.25) is 0 Å². The van der Waals surface area contributed by atoms with E-state index in [9.17, 15) is 0 Å². The monoisotopic (exact) mass is 568 g/mol. The van der Waals surface area contributed by atoms with Crippen molar-refractivity contribution in [2.45, 2.75) is 12.1 Å². The summed E-state index contributed by atoms with van der Waals surface area (Å²) in [4.78, 5) is 4.46. The molecule has 3 heterocycles. The molecule has 0 bridgehead atoms. The molecule has 0 fully saturated rings. The van der Waals surface area contributed by atoms with Crippen molar-refractivity contribution in [2.24, 2.45) is 0 Å². The molecule has 4 aromatic rings. The van der Waals surface area contributed by atoms with Crippen LogP contribution in [0.3, 0.4) is 0 Å². The molecule has 0 spiro atoms. The third kappa shape index (κ3) is 3.27. The minimum atomic E-state index is -0.324. The molecule has 0 saturated heterocycles. The van der Waals surface area contributed by atoms with Gasteiger partial charge in [0.1, 0.15) is 24.2 Å². The molecular weight excluding hydrogens is 556 g/mol. The molecule has 1 aromatic heterocycles. The number of anilines is 1. The van der Waals surface area contributed by atoms with E-state index in [0.717, 1.165) is 42.7 Å².